The highest BCUT2D eigenvalue weighted by atomic mass is 79.9. The summed E-state index contributed by atoms with van der Waals surface area (Å²) in [4.78, 5) is 15.2. The number of nitrogens with zero attached hydrogens (tertiary/aromatic N) is 1. The van der Waals surface area contributed by atoms with E-state index in [2.05, 4.69) is 15.9 Å². The molecule has 5 rings (SSSR count). The molecule has 4 aromatic rings. The first kappa shape index (κ1) is 20.3. The summed E-state index contributed by atoms with van der Waals surface area (Å²) >= 11 is 3.45. The topological polar surface area (TPSA) is 33.5 Å². The molecule has 1 aliphatic rings. The van der Waals surface area contributed by atoms with Crippen molar-refractivity contribution in [3.05, 3.63) is 130 Å². The quantitative estimate of drug-likeness (QED) is 0.283. The second kappa shape index (κ2) is 8.85. The lowest BCUT2D eigenvalue weighted by Gasteiger charge is -2.20. The number of benzene rings is 3. The van der Waals surface area contributed by atoms with E-state index in [0.29, 0.717) is 17.9 Å². The van der Waals surface area contributed by atoms with E-state index < -0.39 is 0 Å². The highest BCUT2D eigenvalue weighted by molar-refractivity contribution is 9.10. The van der Waals surface area contributed by atoms with Crippen molar-refractivity contribution in [3.63, 3.8) is 0 Å². The average Bonchev–Trinajstić information content (AvgIpc) is 3.41. The molecular weight excluding hydrogens is 462 g/mol. The standard InChI is InChI=1S/C28H20BrNO2/c29-24-13-11-22(12-14-24)27-16-15-25(32-27)17-23-18-26(21-9-5-2-6-10-21)30(28(23)31)19-20-7-3-1-4-8-20/h1-18H,19H2/b23-17-. The van der Waals surface area contributed by atoms with Crippen LogP contribution in [-0.2, 0) is 11.3 Å². The Morgan fingerprint density at radius 1 is 0.781 bits per heavy atom. The Bertz CT molecular complexity index is 1300. The van der Waals surface area contributed by atoms with Crippen molar-refractivity contribution < 1.29 is 9.21 Å². The summed E-state index contributed by atoms with van der Waals surface area (Å²) in [6.45, 7) is 0.514. The number of amides is 1. The second-order valence-electron chi connectivity index (χ2n) is 7.58. The third-order valence-corrected chi connectivity index (χ3v) is 5.91. The third-order valence-electron chi connectivity index (χ3n) is 5.38. The molecule has 0 atom stereocenters. The Morgan fingerprint density at radius 2 is 1.47 bits per heavy atom. The number of halogens is 1. The summed E-state index contributed by atoms with van der Waals surface area (Å²) in [5.74, 6) is 1.38. The van der Waals surface area contributed by atoms with Crippen LogP contribution in [0, 0.1) is 0 Å². The Balaban J connectivity index is 1.48. The van der Waals surface area contributed by atoms with Gasteiger partial charge in [0, 0.05) is 15.6 Å². The smallest absolute Gasteiger partial charge is 0.258 e. The predicted molar refractivity (Wildman–Crippen MR) is 131 cm³/mol. The molecule has 1 aromatic heterocycles. The molecule has 0 unspecified atom stereocenters. The van der Waals surface area contributed by atoms with Gasteiger partial charge in [-0.1, -0.05) is 88.7 Å². The average molecular weight is 482 g/mol. The SMILES string of the molecule is O=C1/C(=C\c2ccc(-c3ccc(Br)cc3)o2)C=C(c2ccccc2)N1Cc1ccccc1. The van der Waals surface area contributed by atoms with Gasteiger partial charge in [-0.2, -0.15) is 0 Å². The maximum atomic E-state index is 13.4. The molecule has 3 aromatic carbocycles. The van der Waals surface area contributed by atoms with E-state index in [4.69, 9.17) is 4.42 Å². The molecule has 3 nitrogen and oxygen atoms in total. The molecule has 1 amide bonds. The molecule has 0 spiro atoms. The van der Waals surface area contributed by atoms with Crippen LogP contribution in [0.15, 0.2) is 118 Å². The van der Waals surface area contributed by atoms with Crippen molar-refractivity contribution >= 4 is 33.6 Å². The highest BCUT2D eigenvalue weighted by Gasteiger charge is 2.29. The van der Waals surface area contributed by atoms with Gasteiger partial charge in [0.25, 0.3) is 5.91 Å². The maximum absolute atomic E-state index is 13.4. The van der Waals surface area contributed by atoms with Crippen molar-refractivity contribution in [3.8, 4) is 11.3 Å². The zero-order valence-electron chi connectivity index (χ0n) is 17.2. The molecular formula is C28H20BrNO2. The second-order valence-corrected chi connectivity index (χ2v) is 8.50. The first-order valence-corrected chi connectivity index (χ1v) is 11.2. The van der Waals surface area contributed by atoms with Gasteiger partial charge in [0.05, 0.1) is 12.2 Å². The van der Waals surface area contributed by atoms with Gasteiger partial charge in [-0.25, -0.2) is 0 Å². The van der Waals surface area contributed by atoms with Gasteiger partial charge >= 0.3 is 0 Å². The molecule has 0 saturated heterocycles. The van der Waals surface area contributed by atoms with Crippen LogP contribution in [0.25, 0.3) is 23.1 Å². The lowest BCUT2D eigenvalue weighted by molar-refractivity contribution is -0.123. The molecule has 32 heavy (non-hydrogen) atoms. The van der Waals surface area contributed by atoms with Gasteiger partial charge in [-0.3, -0.25) is 4.79 Å². The molecule has 1 aliphatic heterocycles. The summed E-state index contributed by atoms with van der Waals surface area (Å²) in [6.07, 6.45) is 3.76. The largest absolute Gasteiger partial charge is 0.457 e. The first-order chi connectivity index (χ1) is 15.7. The number of carbonyl (C=O) groups excluding carboxylic acids is 1. The van der Waals surface area contributed by atoms with Crippen LogP contribution in [0.3, 0.4) is 0 Å². The molecule has 0 radical (unpaired) electrons. The van der Waals surface area contributed by atoms with Crippen LogP contribution >= 0.6 is 15.9 Å². The number of furan rings is 1. The van der Waals surface area contributed by atoms with E-state index in [1.807, 2.05) is 114 Å². The molecule has 0 N–H and O–H groups in total. The summed E-state index contributed by atoms with van der Waals surface area (Å²) in [5.41, 5.74) is 4.58. The van der Waals surface area contributed by atoms with Crippen LogP contribution in [0.1, 0.15) is 16.9 Å². The van der Waals surface area contributed by atoms with Gasteiger partial charge in [0.1, 0.15) is 11.5 Å². The fourth-order valence-corrected chi connectivity index (χ4v) is 4.04. The molecule has 4 heteroatoms. The van der Waals surface area contributed by atoms with Crippen molar-refractivity contribution in [1.29, 1.82) is 0 Å². The van der Waals surface area contributed by atoms with E-state index in [1.165, 1.54) is 0 Å². The molecule has 0 aliphatic carbocycles. The van der Waals surface area contributed by atoms with E-state index in [1.54, 1.807) is 0 Å². The Kier molecular flexibility index (Phi) is 5.61. The minimum absolute atomic E-state index is 0.0331. The number of hydrogen-bond acceptors (Lipinski definition) is 2. The number of carbonyl (C=O) groups is 1. The lowest BCUT2D eigenvalue weighted by atomic mass is 10.1. The van der Waals surface area contributed by atoms with E-state index in [0.717, 1.165) is 32.6 Å². The van der Waals surface area contributed by atoms with Gasteiger partial charge in [0.2, 0.25) is 0 Å². The van der Waals surface area contributed by atoms with Crippen molar-refractivity contribution in [1.82, 2.24) is 4.90 Å². The Hall–Kier alpha value is -3.63. The molecule has 0 bridgehead atoms. The number of rotatable bonds is 5. The number of hydrogen-bond donors (Lipinski definition) is 0. The molecule has 2 heterocycles. The van der Waals surface area contributed by atoms with Crippen molar-refractivity contribution in [2.75, 3.05) is 0 Å². The zero-order chi connectivity index (χ0) is 21.9. The van der Waals surface area contributed by atoms with Crippen LogP contribution in [-0.4, -0.2) is 10.8 Å². The lowest BCUT2D eigenvalue weighted by Crippen LogP contribution is -2.25. The van der Waals surface area contributed by atoms with Crippen LogP contribution in [0.4, 0.5) is 0 Å². The molecule has 0 saturated carbocycles. The summed E-state index contributed by atoms with van der Waals surface area (Å²) < 4.78 is 7.04. The van der Waals surface area contributed by atoms with Gasteiger partial charge in [0.15, 0.2) is 0 Å². The highest BCUT2D eigenvalue weighted by Crippen LogP contribution is 2.33. The maximum Gasteiger partial charge on any atom is 0.258 e. The summed E-state index contributed by atoms with van der Waals surface area (Å²) in [6, 6.07) is 31.8. The van der Waals surface area contributed by atoms with Crippen molar-refractivity contribution in [2.24, 2.45) is 0 Å². The van der Waals surface area contributed by atoms with Gasteiger partial charge < -0.3 is 9.32 Å². The summed E-state index contributed by atoms with van der Waals surface area (Å²) in [7, 11) is 0. The van der Waals surface area contributed by atoms with Crippen LogP contribution in [0.5, 0.6) is 0 Å². The van der Waals surface area contributed by atoms with Crippen molar-refractivity contribution in [2.45, 2.75) is 6.54 Å². The first-order valence-electron chi connectivity index (χ1n) is 10.4. The Labute approximate surface area is 195 Å². The van der Waals surface area contributed by atoms with Crippen LogP contribution < -0.4 is 0 Å². The van der Waals surface area contributed by atoms with E-state index in [9.17, 15) is 4.79 Å². The Morgan fingerprint density at radius 3 is 2.19 bits per heavy atom. The van der Waals surface area contributed by atoms with E-state index in [-0.39, 0.29) is 5.91 Å². The minimum atomic E-state index is -0.0331. The summed E-state index contributed by atoms with van der Waals surface area (Å²) in [5, 5.41) is 0. The molecule has 156 valence electrons. The fourth-order valence-electron chi connectivity index (χ4n) is 3.78. The third kappa shape index (κ3) is 4.23. The monoisotopic (exact) mass is 481 g/mol. The predicted octanol–water partition coefficient (Wildman–Crippen LogP) is 7.18. The van der Waals surface area contributed by atoms with Crippen LogP contribution in [0.2, 0.25) is 0 Å². The minimum Gasteiger partial charge on any atom is -0.457 e. The van der Waals surface area contributed by atoms with Gasteiger partial charge in [-0.05, 0) is 47.5 Å². The van der Waals surface area contributed by atoms with E-state index >= 15 is 0 Å². The fraction of sp³-hybridized carbons (Fsp3) is 0.0357. The van der Waals surface area contributed by atoms with Gasteiger partial charge in [-0.15, -0.1) is 0 Å². The normalized spacial score (nSPS) is 14.8. The zero-order valence-corrected chi connectivity index (χ0v) is 18.8. The molecule has 0 fully saturated rings.